The zero-order valence-corrected chi connectivity index (χ0v) is 18.2. The van der Waals surface area contributed by atoms with Gasteiger partial charge in [-0.25, -0.2) is 4.79 Å². The monoisotopic (exact) mass is 412 g/mol. The number of carbonyl (C=O) groups is 1. The topological polar surface area (TPSA) is 76.1 Å². The van der Waals surface area contributed by atoms with Crippen LogP contribution in [0.2, 0.25) is 0 Å². The van der Waals surface area contributed by atoms with Crippen LogP contribution in [0, 0.1) is 11.3 Å². The Morgan fingerprint density at radius 3 is 2.03 bits per heavy atom. The smallest absolute Gasteiger partial charge is 0.339 e. The van der Waals surface area contributed by atoms with E-state index in [1.54, 1.807) is 6.92 Å². The van der Waals surface area contributed by atoms with Gasteiger partial charge in [0.2, 0.25) is 0 Å². The van der Waals surface area contributed by atoms with Gasteiger partial charge in [0.1, 0.15) is 6.07 Å². The van der Waals surface area contributed by atoms with Gasteiger partial charge in [-0.05, 0) is 36.5 Å². The molecule has 3 rings (SSSR count). The largest absolute Gasteiger partial charge is 0.462 e. The number of nitriles is 1. The summed E-state index contributed by atoms with van der Waals surface area (Å²) in [5.41, 5.74) is 11.6. The number of benzene rings is 3. The molecule has 158 valence electrons. The van der Waals surface area contributed by atoms with Crippen molar-refractivity contribution >= 4 is 11.7 Å². The second-order valence-electron chi connectivity index (χ2n) is 7.41. The van der Waals surface area contributed by atoms with E-state index >= 15 is 0 Å². The molecule has 4 heteroatoms. The van der Waals surface area contributed by atoms with Crippen molar-refractivity contribution in [3.8, 4) is 28.3 Å². The van der Waals surface area contributed by atoms with Crippen LogP contribution in [0.15, 0.2) is 60.7 Å². The summed E-state index contributed by atoms with van der Waals surface area (Å²) in [6, 6.07) is 21.7. The van der Waals surface area contributed by atoms with Crippen LogP contribution in [0.3, 0.4) is 0 Å². The number of hydrogen-bond acceptors (Lipinski definition) is 4. The lowest BCUT2D eigenvalue weighted by atomic mass is 9.82. The van der Waals surface area contributed by atoms with E-state index in [2.05, 4.69) is 13.0 Å². The molecule has 0 saturated heterocycles. The molecule has 0 aliphatic rings. The van der Waals surface area contributed by atoms with E-state index < -0.39 is 5.97 Å². The minimum absolute atomic E-state index is 0.266. The molecule has 0 radical (unpaired) electrons. The van der Waals surface area contributed by atoms with Gasteiger partial charge in [0, 0.05) is 11.1 Å². The van der Waals surface area contributed by atoms with Gasteiger partial charge in [-0.1, -0.05) is 80.4 Å². The predicted octanol–water partition coefficient (Wildman–Crippen LogP) is 6.38. The molecule has 0 spiro atoms. The van der Waals surface area contributed by atoms with Crippen LogP contribution in [-0.2, 0) is 11.2 Å². The molecule has 31 heavy (non-hydrogen) atoms. The third kappa shape index (κ3) is 4.62. The number of nitrogen functional groups attached to an aromatic ring is 1. The molecule has 0 atom stereocenters. The molecule has 0 saturated carbocycles. The highest BCUT2D eigenvalue weighted by Gasteiger charge is 2.28. The third-order valence-corrected chi connectivity index (χ3v) is 5.39. The van der Waals surface area contributed by atoms with Crippen molar-refractivity contribution < 1.29 is 9.53 Å². The fourth-order valence-electron chi connectivity index (χ4n) is 3.96. The Hall–Kier alpha value is -3.58. The Morgan fingerprint density at radius 2 is 1.52 bits per heavy atom. The van der Waals surface area contributed by atoms with Crippen molar-refractivity contribution in [1.29, 1.82) is 5.26 Å². The number of hydrogen-bond donors (Lipinski definition) is 1. The first-order chi connectivity index (χ1) is 15.1. The Labute approximate surface area is 184 Å². The third-order valence-electron chi connectivity index (χ3n) is 5.39. The van der Waals surface area contributed by atoms with Crippen LogP contribution in [-0.4, -0.2) is 12.6 Å². The maximum absolute atomic E-state index is 13.3. The number of rotatable bonds is 8. The highest BCUT2D eigenvalue weighted by molar-refractivity contribution is 6.07. The molecule has 4 nitrogen and oxygen atoms in total. The van der Waals surface area contributed by atoms with Crippen molar-refractivity contribution in [2.24, 2.45) is 0 Å². The number of ether oxygens (including phenoxy) is 1. The normalized spacial score (nSPS) is 10.5. The van der Waals surface area contributed by atoms with E-state index in [4.69, 9.17) is 10.5 Å². The second-order valence-corrected chi connectivity index (χ2v) is 7.41. The number of anilines is 1. The maximum Gasteiger partial charge on any atom is 0.339 e. The molecule has 0 fully saturated rings. The van der Waals surface area contributed by atoms with Crippen LogP contribution in [0.5, 0.6) is 0 Å². The molecular formula is C27H28N2O2. The number of esters is 1. The zero-order chi connectivity index (χ0) is 22.2. The Kier molecular flexibility index (Phi) is 7.45. The summed E-state index contributed by atoms with van der Waals surface area (Å²) in [6.45, 7) is 4.19. The van der Waals surface area contributed by atoms with Crippen molar-refractivity contribution in [3.63, 3.8) is 0 Å². The summed E-state index contributed by atoms with van der Waals surface area (Å²) < 4.78 is 5.48. The van der Waals surface area contributed by atoms with E-state index in [-0.39, 0.29) is 6.61 Å². The zero-order valence-electron chi connectivity index (χ0n) is 18.2. The van der Waals surface area contributed by atoms with Gasteiger partial charge in [-0.3, -0.25) is 0 Å². The molecule has 0 amide bonds. The first-order valence-electron chi connectivity index (χ1n) is 10.8. The molecule has 0 aliphatic heterocycles. The number of unbranched alkanes of at least 4 members (excludes halogenated alkanes) is 2. The summed E-state index contributed by atoms with van der Waals surface area (Å²) in [6.07, 6.45) is 3.58. The van der Waals surface area contributed by atoms with Gasteiger partial charge in [0.25, 0.3) is 0 Å². The lowest BCUT2D eigenvalue weighted by Gasteiger charge is -2.22. The maximum atomic E-state index is 13.3. The van der Waals surface area contributed by atoms with Gasteiger partial charge >= 0.3 is 5.97 Å². The Balaban J connectivity index is 2.45. The summed E-state index contributed by atoms with van der Waals surface area (Å²) in [4.78, 5) is 13.3. The van der Waals surface area contributed by atoms with Crippen LogP contribution in [0.1, 0.15) is 54.6 Å². The Bertz CT molecular complexity index is 1080. The average Bonchev–Trinajstić information content (AvgIpc) is 2.80. The van der Waals surface area contributed by atoms with Crippen LogP contribution in [0.4, 0.5) is 5.69 Å². The van der Waals surface area contributed by atoms with Gasteiger partial charge in [-0.15, -0.1) is 0 Å². The number of carbonyl (C=O) groups excluding carboxylic acids is 1. The molecule has 3 aromatic rings. The fraction of sp³-hybridized carbons (Fsp3) is 0.259. The van der Waals surface area contributed by atoms with Crippen molar-refractivity contribution in [3.05, 3.63) is 77.4 Å². The standard InChI is InChI=1S/C27H28N2O2/c1-3-5-8-17-21-25(27(30)31-4-2)24(20-15-11-7-12-16-20)23(22(18-28)26(21)29)19-13-9-6-10-14-19/h6-7,9-16H,3-5,8,17,29H2,1-2H3. The second kappa shape index (κ2) is 10.4. The van der Waals surface area contributed by atoms with Crippen LogP contribution in [0.25, 0.3) is 22.3 Å². The first-order valence-corrected chi connectivity index (χ1v) is 10.8. The lowest BCUT2D eigenvalue weighted by molar-refractivity contribution is 0.0526. The van der Waals surface area contributed by atoms with Gasteiger partial charge < -0.3 is 10.5 Å². The van der Waals surface area contributed by atoms with E-state index in [0.717, 1.165) is 30.4 Å². The molecule has 0 unspecified atom stereocenters. The number of nitrogens with two attached hydrogens (primary N) is 1. The molecule has 0 heterocycles. The Morgan fingerprint density at radius 1 is 0.935 bits per heavy atom. The average molecular weight is 413 g/mol. The predicted molar refractivity (Wildman–Crippen MR) is 126 cm³/mol. The van der Waals surface area contributed by atoms with E-state index in [1.165, 1.54) is 0 Å². The van der Waals surface area contributed by atoms with Gasteiger partial charge in [0.05, 0.1) is 23.4 Å². The molecule has 0 bridgehead atoms. The quantitative estimate of drug-likeness (QED) is 0.264. The van der Waals surface area contributed by atoms with E-state index in [9.17, 15) is 10.1 Å². The van der Waals surface area contributed by atoms with Crippen molar-refractivity contribution in [2.75, 3.05) is 12.3 Å². The lowest BCUT2D eigenvalue weighted by Crippen LogP contribution is -2.15. The summed E-state index contributed by atoms with van der Waals surface area (Å²) in [5, 5.41) is 10.1. The molecular weight excluding hydrogens is 384 g/mol. The molecule has 3 aromatic carbocycles. The SMILES string of the molecule is CCCCCc1c(N)c(C#N)c(-c2ccccc2)c(-c2ccccc2)c1C(=O)OCC. The fourth-order valence-corrected chi connectivity index (χ4v) is 3.96. The molecule has 2 N–H and O–H groups in total. The molecule has 0 aliphatic carbocycles. The van der Waals surface area contributed by atoms with Gasteiger partial charge in [-0.2, -0.15) is 5.26 Å². The van der Waals surface area contributed by atoms with Gasteiger partial charge in [0.15, 0.2) is 0 Å². The summed E-state index contributed by atoms with van der Waals surface area (Å²) in [7, 11) is 0. The van der Waals surface area contributed by atoms with Crippen LogP contribution < -0.4 is 5.73 Å². The molecule has 0 aromatic heterocycles. The minimum Gasteiger partial charge on any atom is -0.462 e. The van der Waals surface area contributed by atoms with Crippen molar-refractivity contribution in [1.82, 2.24) is 0 Å². The summed E-state index contributed by atoms with van der Waals surface area (Å²) >= 11 is 0. The highest BCUT2D eigenvalue weighted by Crippen LogP contribution is 2.43. The number of nitrogens with zero attached hydrogens (tertiary/aromatic N) is 1. The first kappa shape index (κ1) is 22.1. The minimum atomic E-state index is -0.402. The van der Waals surface area contributed by atoms with E-state index in [0.29, 0.717) is 39.9 Å². The summed E-state index contributed by atoms with van der Waals surface area (Å²) in [5.74, 6) is -0.402. The van der Waals surface area contributed by atoms with Crippen molar-refractivity contribution in [2.45, 2.75) is 39.5 Å². The van der Waals surface area contributed by atoms with Crippen LogP contribution >= 0.6 is 0 Å². The van der Waals surface area contributed by atoms with E-state index in [1.807, 2.05) is 60.7 Å². The highest BCUT2D eigenvalue weighted by atomic mass is 16.5.